The minimum atomic E-state index is -4.51. The molecule has 0 atom stereocenters. The third kappa shape index (κ3) is 7.43. The van der Waals surface area contributed by atoms with Gasteiger partial charge in [-0.2, -0.15) is 13.2 Å². The van der Waals surface area contributed by atoms with Crippen molar-refractivity contribution in [1.29, 1.82) is 0 Å². The lowest BCUT2D eigenvalue weighted by Crippen LogP contribution is -2.40. The van der Waals surface area contributed by atoms with Gasteiger partial charge < -0.3 is 20.1 Å². The molecule has 152 valence electrons. The summed E-state index contributed by atoms with van der Waals surface area (Å²) in [7, 11) is 1.60. The minimum absolute atomic E-state index is 0.00526. The number of ether oxygens (including phenoxy) is 2. The Morgan fingerprint density at radius 2 is 1.75 bits per heavy atom. The molecule has 2 N–H and O–H groups in total. The van der Waals surface area contributed by atoms with E-state index in [0.29, 0.717) is 25.7 Å². The average Bonchev–Trinajstić information content (AvgIpc) is 2.69. The van der Waals surface area contributed by atoms with Crippen LogP contribution >= 0.6 is 0 Å². The first-order chi connectivity index (χ1) is 13.5. The number of benzene rings is 1. The Kier molecular flexibility index (Phi) is 8.54. The van der Waals surface area contributed by atoms with Gasteiger partial charge >= 0.3 is 6.18 Å². The van der Waals surface area contributed by atoms with Gasteiger partial charge in [0.2, 0.25) is 5.88 Å². The first-order valence-electron chi connectivity index (χ1n) is 8.72. The Morgan fingerprint density at radius 1 is 1.04 bits per heavy atom. The molecule has 0 aliphatic carbocycles. The van der Waals surface area contributed by atoms with E-state index in [1.54, 1.807) is 7.05 Å². The number of halogens is 3. The summed E-state index contributed by atoms with van der Waals surface area (Å²) in [6, 6.07) is 12.0. The van der Waals surface area contributed by atoms with Crippen LogP contribution in [-0.2, 0) is 17.5 Å². The van der Waals surface area contributed by atoms with E-state index in [4.69, 9.17) is 9.47 Å². The maximum absolute atomic E-state index is 12.9. The van der Waals surface area contributed by atoms with Crippen LogP contribution in [0.3, 0.4) is 0 Å². The van der Waals surface area contributed by atoms with Crippen molar-refractivity contribution in [2.75, 3.05) is 33.4 Å². The average molecular weight is 396 g/mol. The molecule has 0 unspecified atom stereocenters. The predicted octanol–water partition coefficient (Wildman–Crippen LogP) is 2.86. The van der Waals surface area contributed by atoms with Gasteiger partial charge in [0.05, 0.1) is 19.8 Å². The molecule has 9 heteroatoms. The predicted molar refractivity (Wildman–Crippen MR) is 100 cm³/mol. The van der Waals surface area contributed by atoms with Crippen molar-refractivity contribution < 1.29 is 22.6 Å². The topological polar surface area (TPSA) is 67.8 Å². The Morgan fingerprint density at radius 3 is 2.43 bits per heavy atom. The van der Waals surface area contributed by atoms with Crippen LogP contribution in [0.2, 0.25) is 0 Å². The lowest BCUT2D eigenvalue weighted by Gasteiger charge is -2.14. The summed E-state index contributed by atoms with van der Waals surface area (Å²) in [5, 5.41) is 6.01. The van der Waals surface area contributed by atoms with Crippen LogP contribution in [0.25, 0.3) is 0 Å². The zero-order valence-electron chi connectivity index (χ0n) is 15.5. The van der Waals surface area contributed by atoms with E-state index < -0.39 is 17.6 Å². The number of alkyl halides is 3. The van der Waals surface area contributed by atoms with Crippen LogP contribution in [0.5, 0.6) is 5.88 Å². The van der Waals surface area contributed by atoms with Crippen molar-refractivity contribution >= 4 is 5.96 Å². The number of aromatic nitrogens is 1. The van der Waals surface area contributed by atoms with Crippen LogP contribution in [0, 0.1) is 0 Å². The molecule has 0 aliphatic rings. The number of nitrogens with zero attached hydrogens (tertiary/aromatic N) is 2. The molecule has 0 bridgehead atoms. The molecule has 6 nitrogen and oxygen atoms in total. The van der Waals surface area contributed by atoms with Crippen LogP contribution in [0.15, 0.2) is 53.7 Å². The maximum atomic E-state index is 12.9. The monoisotopic (exact) mass is 396 g/mol. The SMILES string of the molecule is CN=C(NCCOCc1ccccc1)NCCOc1ncccc1C(F)(F)F. The zero-order chi connectivity index (χ0) is 20.2. The lowest BCUT2D eigenvalue weighted by atomic mass is 10.2. The van der Waals surface area contributed by atoms with Gasteiger partial charge in [0.25, 0.3) is 0 Å². The fraction of sp³-hybridized carbons (Fsp3) is 0.368. The second-order valence-corrected chi connectivity index (χ2v) is 5.67. The van der Waals surface area contributed by atoms with Gasteiger partial charge in [-0.15, -0.1) is 0 Å². The number of guanidine groups is 1. The van der Waals surface area contributed by atoms with Crippen molar-refractivity contribution in [3.8, 4) is 5.88 Å². The third-order valence-electron chi connectivity index (χ3n) is 3.58. The van der Waals surface area contributed by atoms with Gasteiger partial charge in [-0.3, -0.25) is 4.99 Å². The molecule has 0 radical (unpaired) electrons. The highest BCUT2D eigenvalue weighted by molar-refractivity contribution is 5.79. The summed E-state index contributed by atoms with van der Waals surface area (Å²) >= 11 is 0. The molecule has 2 rings (SSSR count). The standard InChI is InChI=1S/C19H23F3N4O2/c1-23-18(25-10-12-27-14-15-6-3-2-4-7-15)26-11-13-28-17-16(19(20,21)22)8-5-9-24-17/h2-9H,10-14H2,1H3,(H2,23,25,26). The number of nitrogens with one attached hydrogen (secondary N) is 2. The zero-order valence-corrected chi connectivity index (χ0v) is 15.5. The first-order valence-corrected chi connectivity index (χ1v) is 8.72. The quantitative estimate of drug-likeness (QED) is 0.388. The van der Waals surface area contributed by atoms with Crippen LogP contribution in [0.1, 0.15) is 11.1 Å². The van der Waals surface area contributed by atoms with E-state index in [2.05, 4.69) is 20.6 Å². The second-order valence-electron chi connectivity index (χ2n) is 5.67. The van der Waals surface area contributed by atoms with Gasteiger partial charge in [-0.25, -0.2) is 4.98 Å². The molecular formula is C19H23F3N4O2. The van der Waals surface area contributed by atoms with Gasteiger partial charge in [-0.1, -0.05) is 30.3 Å². The summed E-state index contributed by atoms with van der Waals surface area (Å²) in [4.78, 5) is 7.68. The normalized spacial score (nSPS) is 11.9. The summed E-state index contributed by atoms with van der Waals surface area (Å²) < 4.78 is 49.3. The summed E-state index contributed by atoms with van der Waals surface area (Å²) in [5.41, 5.74) is 0.197. The van der Waals surface area contributed by atoms with Crippen LogP contribution in [0.4, 0.5) is 13.2 Å². The molecule has 1 aromatic carbocycles. The Hall–Kier alpha value is -2.81. The molecule has 28 heavy (non-hydrogen) atoms. The summed E-state index contributed by atoms with van der Waals surface area (Å²) in [5.74, 6) is 0.0676. The highest BCUT2D eigenvalue weighted by atomic mass is 19.4. The van der Waals surface area contributed by atoms with Gasteiger partial charge in [0, 0.05) is 19.8 Å². The van der Waals surface area contributed by atoms with Crippen LogP contribution in [-0.4, -0.2) is 44.3 Å². The summed E-state index contributed by atoms with van der Waals surface area (Å²) in [6.07, 6.45) is -3.25. The van der Waals surface area contributed by atoms with E-state index in [9.17, 15) is 13.2 Å². The smallest absolute Gasteiger partial charge is 0.421 e. The van der Waals surface area contributed by atoms with Crippen molar-refractivity contribution in [3.05, 3.63) is 59.8 Å². The fourth-order valence-corrected chi connectivity index (χ4v) is 2.27. The van der Waals surface area contributed by atoms with Crippen molar-refractivity contribution in [2.45, 2.75) is 12.8 Å². The fourth-order valence-electron chi connectivity index (χ4n) is 2.27. The number of rotatable bonds is 9. The number of pyridine rings is 1. The molecule has 0 spiro atoms. The molecule has 1 heterocycles. The molecular weight excluding hydrogens is 373 g/mol. The van der Waals surface area contributed by atoms with Crippen molar-refractivity contribution in [1.82, 2.24) is 15.6 Å². The maximum Gasteiger partial charge on any atom is 0.421 e. The summed E-state index contributed by atoms with van der Waals surface area (Å²) in [6.45, 7) is 1.80. The first kappa shape index (κ1) is 21.5. The largest absolute Gasteiger partial charge is 0.475 e. The van der Waals surface area contributed by atoms with E-state index in [1.807, 2.05) is 30.3 Å². The number of aliphatic imine (C=N–C) groups is 1. The Bertz CT molecular complexity index is 739. The van der Waals surface area contributed by atoms with E-state index in [0.717, 1.165) is 11.6 Å². The van der Waals surface area contributed by atoms with Gasteiger partial charge in [0.1, 0.15) is 12.2 Å². The van der Waals surface area contributed by atoms with Crippen molar-refractivity contribution in [2.24, 2.45) is 4.99 Å². The second kappa shape index (κ2) is 11.1. The third-order valence-corrected chi connectivity index (χ3v) is 3.58. The molecule has 2 aromatic rings. The Labute approximate surface area is 161 Å². The van der Waals surface area contributed by atoms with Crippen molar-refractivity contribution in [3.63, 3.8) is 0 Å². The lowest BCUT2D eigenvalue weighted by molar-refractivity contribution is -0.139. The highest BCUT2D eigenvalue weighted by Gasteiger charge is 2.34. The van der Waals surface area contributed by atoms with E-state index in [-0.39, 0.29) is 13.2 Å². The number of hydrogen-bond acceptors (Lipinski definition) is 4. The molecule has 0 saturated heterocycles. The molecule has 0 aliphatic heterocycles. The highest BCUT2D eigenvalue weighted by Crippen LogP contribution is 2.34. The van der Waals surface area contributed by atoms with E-state index in [1.165, 1.54) is 12.3 Å². The van der Waals surface area contributed by atoms with Gasteiger partial charge in [-0.05, 0) is 17.7 Å². The van der Waals surface area contributed by atoms with E-state index >= 15 is 0 Å². The van der Waals surface area contributed by atoms with Crippen LogP contribution < -0.4 is 15.4 Å². The molecule has 0 amide bonds. The molecule has 1 aromatic heterocycles. The number of hydrogen-bond donors (Lipinski definition) is 2. The van der Waals surface area contributed by atoms with Gasteiger partial charge in [0.15, 0.2) is 5.96 Å². The minimum Gasteiger partial charge on any atom is -0.475 e. The Balaban J connectivity index is 1.64. The molecule has 0 fully saturated rings. The molecule has 0 saturated carbocycles.